The molecule has 17 heavy (non-hydrogen) atoms. The number of alkyl halides is 1. The van der Waals surface area contributed by atoms with Crippen LogP contribution >= 0.6 is 11.6 Å². The van der Waals surface area contributed by atoms with Gasteiger partial charge in [-0.3, -0.25) is 4.90 Å². The average molecular weight is 263 g/mol. The van der Waals surface area contributed by atoms with Crippen molar-refractivity contribution < 1.29 is 4.74 Å². The Labute approximate surface area is 111 Å². The fourth-order valence-electron chi connectivity index (χ4n) is 2.52. The highest BCUT2D eigenvalue weighted by molar-refractivity contribution is 6.18. The van der Waals surface area contributed by atoms with Crippen molar-refractivity contribution in [3.8, 4) is 0 Å². The number of likely N-dealkylation sites (tertiary alicyclic amines) is 1. The van der Waals surface area contributed by atoms with E-state index in [0.717, 1.165) is 32.3 Å². The third-order valence-electron chi connectivity index (χ3n) is 3.71. The number of piperidine rings is 1. The molecule has 0 amide bonds. The first-order valence-electron chi connectivity index (χ1n) is 6.75. The Hall–Kier alpha value is 0.170. The number of nitrogens with zero attached hydrogens (tertiary/aromatic N) is 2. The summed E-state index contributed by atoms with van der Waals surface area (Å²) in [6, 6.07) is 0.768. The Morgan fingerprint density at radius 2 is 2.12 bits per heavy atom. The Balaban J connectivity index is 2.23. The Morgan fingerprint density at radius 1 is 1.29 bits per heavy atom. The van der Waals surface area contributed by atoms with E-state index >= 15 is 0 Å². The summed E-state index contributed by atoms with van der Waals surface area (Å²) in [5.41, 5.74) is 0. The van der Waals surface area contributed by atoms with Crippen LogP contribution in [0, 0.1) is 0 Å². The van der Waals surface area contributed by atoms with Crippen LogP contribution in [-0.4, -0.2) is 68.7 Å². The van der Waals surface area contributed by atoms with Crippen molar-refractivity contribution >= 4 is 11.6 Å². The lowest BCUT2D eigenvalue weighted by atomic mass is 10.00. The maximum Gasteiger partial charge on any atom is 0.0589 e. The smallest absolute Gasteiger partial charge is 0.0589 e. The molecule has 0 aromatic rings. The van der Waals surface area contributed by atoms with Crippen molar-refractivity contribution in [2.45, 2.75) is 31.7 Å². The first kappa shape index (κ1) is 15.2. The van der Waals surface area contributed by atoms with E-state index < -0.39 is 0 Å². The van der Waals surface area contributed by atoms with Crippen LogP contribution in [0.25, 0.3) is 0 Å². The molecule has 3 nitrogen and oxygen atoms in total. The number of methoxy groups -OCH3 is 1. The van der Waals surface area contributed by atoms with Gasteiger partial charge >= 0.3 is 0 Å². The summed E-state index contributed by atoms with van der Waals surface area (Å²) in [4.78, 5) is 4.93. The molecule has 0 aromatic heterocycles. The summed E-state index contributed by atoms with van der Waals surface area (Å²) in [7, 11) is 4.01. The van der Waals surface area contributed by atoms with E-state index in [1.807, 2.05) is 0 Å². The molecule has 1 aliphatic heterocycles. The molecule has 0 radical (unpaired) electrons. The molecule has 1 saturated heterocycles. The monoisotopic (exact) mass is 262 g/mol. The lowest BCUT2D eigenvalue weighted by Gasteiger charge is -2.34. The van der Waals surface area contributed by atoms with Gasteiger partial charge in [0.2, 0.25) is 0 Å². The minimum Gasteiger partial charge on any atom is -0.383 e. The molecule has 0 aromatic carbocycles. The van der Waals surface area contributed by atoms with E-state index in [0.29, 0.717) is 5.88 Å². The molecule has 0 bridgehead atoms. The van der Waals surface area contributed by atoms with Crippen molar-refractivity contribution in [3.63, 3.8) is 0 Å². The molecular formula is C13H27ClN2O. The van der Waals surface area contributed by atoms with Gasteiger partial charge in [0, 0.05) is 32.1 Å². The largest absolute Gasteiger partial charge is 0.383 e. The van der Waals surface area contributed by atoms with Crippen LogP contribution < -0.4 is 0 Å². The quantitative estimate of drug-likeness (QED) is 0.623. The molecule has 1 fully saturated rings. The lowest BCUT2D eigenvalue weighted by Crippen LogP contribution is -2.40. The summed E-state index contributed by atoms with van der Waals surface area (Å²) in [5, 5.41) is 0. The normalized spacial score (nSPS) is 22.2. The Morgan fingerprint density at radius 3 is 2.76 bits per heavy atom. The topological polar surface area (TPSA) is 15.7 Å². The van der Waals surface area contributed by atoms with Crippen molar-refractivity contribution in [1.29, 1.82) is 0 Å². The van der Waals surface area contributed by atoms with Crippen molar-refractivity contribution in [2.75, 3.05) is 52.8 Å². The van der Waals surface area contributed by atoms with Gasteiger partial charge in [0.25, 0.3) is 0 Å². The minimum absolute atomic E-state index is 0.713. The Kier molecular flexibility index (Phi) is 8.19. The van der Waals surface area contributed by atoms with Crippen LogP contribution in [-0.2, 0) is 4.74 Å². The molecule has 1 heterocycles. The van der Waals surface area contributed by atoms with Gasteiger partial charge in [-0.2, -0.15) is 0 Å². The lowest BCUT2D eigenvalue weighted by molar-refractivity contribution is 0.128. The van der Waals surface area contributed by atoms with Gasteiger partial charge in [-0.1, -0.05) is 6.42 Å². The molecule has 0 N–H and O–H groups in total. The van der Waals surface area contributed by atoms with Gasteiger partial charge in [0.1, 0.15) is 0 Å². The predicted octanol–water partition coefficient (Wildman–Crippen LogP) is 2.05. The van der Waals surface area contributed by atoms with E-state index in [1.54, 1.807) is 7.11 Å². The minimum atomic E-state index is 0.713. The van der Waals surface area contributed by atoms with Crippen molar-refractivity contribution in [2.24, 2.45) is 0 Å². The molecule has 4 heteroatoms. The highest BCUT2D eigenvalue weighted by Gasteiger charge is 2.19. The fraction of sp³-hybridized carbons (Fsp3) is 1.00. The third-order valence-corrected chi connectivity index (χ3v) is 3.88. The standard InChI is InChI=1S/C13H27ClN2O/c1-15-8-4-3-5-13(15)6-9-16(10-7-14)11-12-17-2/h13H,3-12H2,1-2H3. The first-order valence-corrected chi connectivity index (χ1v) is 7.29. The predicted molar refractivity (Wildman–Crippen MR) is 73.9 cm³/mol. The summed E-state index contributed by atoms with van der Waals surface area (Å²) in [5.74, 6) is 0.713. The summed E-state index contributed by atoms with van der Waals surface area (Å²) >= 11 is 5.83. The number of hydrogen-bond acceptors (Lipinski definition) is 3. The molecule has 0 saturated carbocycles. The van der Waals surface area contributed by atoms with Gasteiger partial charge in [-0.15, -0.1) is 11.6 Å². The van der Waals surface area contributed by atoms with Crippen LogP contribution in [0.4, 0.5) is 0 Å². The van der Waals surface area contributed by atoms with Crippen LogP contribution in [0.5, 0.6) is 0 Å². The number of hydrogen-bond donors (Lipinski definition) is 0. The van der Waals surface area contributed by atoms with Crippen molar-refractivity contribution in [1.82, 2.24) is 9.80 Å². The average Bonchev–Trinajstić information content (AvgIpc) is 2.34. The number of ether oxygens (including phenoxy) is 1. The number of halogens is 1. The molecular weight excluding hydrogens is 236 g/mol. The Bertz CT molecular complexity index is 192. The van der Waals surface area contributed by atoms with Gasteiger partial charge in [-0.25, -0.2) is 0 Å². The highest BCUT2D eigenvalue weighted by atomic mass is 35.5. The van der Waals surface area contributed by atoms with Gasteiger partial charge < -0.3 is 9.64 Å². The van der Waals surface area contributed by atoms with Crippen LogP contribution in [0.1, 0.15) is 25.7 Å². The maximum absolute atomic E-state index is 5.83. The van der Waals surface area contributed by atoms with Crippen LogP contribution in [0.15, 0.2) is 0 Å². The molecule has 0 aliphatic carbocycles. The maximum atomic E-state index is 5.83. The zero-order chi connectivity index (χ0) is 12.5. The second-order valence-corrected chi connectivity index (χ2v) is 5.32. The summed E-state index contributed by atoms with van der Waals surface area (Å²) in [6.07, 6.45) is 5.37. The van der Waals surface area contributed by atoms with Gasteiger partial charge in [0.15, 0.2) is 0 Å². The van der Waals surface area contributed by atoms with E-state index in [9.17, 15) is 0 Å². The zero-order valence-electron chi connectivity index (χ0n) is 11.3. The molecule has 0 spiro atoms. The highest BCUT2D eigenvalue weighted by Crippen LogP contribution is 2.17. The zero-order valence-corrected chi connectivity index (χ0v) is 12.1. The third kappa shape index (κ3) is 6.05. The second kappa shape index (κ2) is 9.15. The first-order chi connectivity index (χ1) is 8.27. The second-order valence-electron chi connectivity index (χ2n) is 4.94. The van der Waals surface area contributed by atoms with Gasteiger partial charge in [0.05, 0.1) is 6.61 Å². The number of rotatable bonds is 8. The molecule has 1 aliphatic rings. The SMILES string of the molecule is COCCN(CCCl)CCC1CCCCN1C. The van der Waals surface area contributed by atoms with E-state index in [-0.39, 0.29) is 0 Å². The van der Waals surface area contributed by atoms with E-state index in [1.165, 1.54) is 32.2 Å². The molecule has 1 atom stereocenters. The van der Waals surface area contributed by atoms with Crippen molar-refractivity contribution in [3.05, 3.63) is 0 Å². The van der Waals surface area contributed by atoms with Crippen LogP contribution in [0.3, 0.4) is 0 Å². The van der Waals surface area contributed by atoms with E-state index in [2.05, 4.69) is 16.8 Å². The molecule has 1 rings (SSSR count). The van der Waals surface area contributed by atoms with Crippen LogP contribution in [0.2, 0.25) is 0 Å². The molecule has 102 valence electrons. The van der Waals surface area contributed by atoms with Gasteiger partial charge in [-0.05, 0) is 39.4 Å². The van der Waals surface area contributed by atoms with E-state index in [4.69, 9.17) is 16.3 Å². The summed E-state index contributed by atoms with van der Waals surface area (Å²) in [6.45, 7) is 5.18. The fourth-order valence-corrected chi connectivity index (χ4v) is 2.75. The summed E-state index contributed by atoms with van der Waals surface area (Å²) < 4.78 is 5.14. The molecule has 1 unspecified atom stereocenters.